The minimum Gasteiger partial charge on any atom is -0.371 e. The fraction of sp³-hybridized carbons (Fsp3) is 0.308. The van der Waals surface area contributed by atoms with Crippen molar-refractivity contribution in [3.05, 3.63) is 34.2 Å². The lowest BCUT2D eigenvalue weighted by Crippen LogP contribution is -2.15. The van der Waals surface area contributed by atoms with E-state index in [0.717, 1.165) is 17.0 Å². The molecule has 2 rings (SSSR count). The number of nitrogens with zero attached hydrogens (tertiary/aromatic N) is 2. The van der Waals surface area contributed by atoms with E-state index >= 15 is 0 Å². The molecule has 106 valence electrons. The molecule has 2 N–H and O–H groups in total. The third kappa shape index (κ3) is 2.77. The average Bonchev–Trinajstić information content (AvgIpc) is 2.78. The maximum atomic E-state index is 14.0. The summed E-state index contributed by atoms with van der Waals surface area (Å²) >= 11 is 1.38. The highest BCUT2D eigenvalue weighted by atomic mass is 32.1. The van der Waals surface area contributed by atoms with Gasteiger partial charge < -0.3 is 5.32 Å². The summed E-state index contributed by atoms with van der Waals surface area (Å²) in [4.78, 5) is 21.2. The summed E-state index contributed by atoms with van der Waals surface area (Å²) in [6.45, 7) is 3.94. The van der Waals surface area contributed by atoms with Gasteiger partial charge in [0.15, 0.2) is 16.8 Å². The third-order valence-electron chi connectivity index (χ3n) is 2.82. The van der Waals surface area contributed by atoms with Gasteiger partial charge in [0.1, 0.15) is 0 Å². The maximum absolute atomic E-state index is 14.0. The van der Waals surface area contributed by atoms with Crippen LogP contribution in [0.3, 0.4) is 0 Å². The Morgan fingerprint density at radius 3 is 2.85 bits per heavy atom. The zero-order chi connectivity index (χ0) is 14.7. The van der Waals surface area contributed by atoms with Crippen molar-refractivity contribution in [3.63, 3.8) is 0 Å². The Kier molecular flexibility index (Phi) is 4.29. The van der Waals surface area contributed by atoms with E-state index in [1.165, 1.54) is 23.6 Å². The van der Waals surface area contributed by atoms with Gasteiger partial charge in [-0.15, -0.1) is 11.3 Å². The molecule has 0 saturated heterocycles. The third-order valence-corrected chi connectivity index (χ3v) is 3.75. The van der Waals surface area contributed by atoms with E-state index < -0.39 is 11.7 Å². The van der Waals surface area contributed by atoms with Crippen molar-refractivity contribution in [3.8, 4) is 0 Å². The van der Waals surface area contributed by atoms with Crippen molar-refractivity contribution in [2.45, 2.75) is 20.3 Å². The topological polar surface area (TPSA) is 66.9 Å². The van der Waals surface area contributed by atoms with Crippen LogP contribution >= 0.6 is 11.3 Å². The Hall–Kier alpha value is -2.02. The number of anilines is 2. The summed E-state index contributed by atoms with van der Waals surface area (Å²) in [5.41, 5.74) is 0.881. The van der Waals surface area contributed by atoms with Crippen LogP contribution in [0.5, 0.6) is 0 Å². The molecule has 20 heavy (non-hydrogen) atoms. The second-order valence-electron chi connectivity index (χ2n) is 4.10. The number of aromatic nitrogens is 2. The highest BCUT2D eigenvalue weighted by Gasteiger charge is 2.17. The predicted octanol–water partition coefficient (Wildman–Crippen LogP) is 2.84. The zero-order valence-corrected chi connectivity index (χ0v) is 12.3. The molecular formula is C13H15FN4OS. The van der Waals surface area contributed by atoms with E-state index in [1.807, 2.05) is 13.8 Å². The molecule has 0 aromatic carbocycles. The molecular weight excluding hydrogens is 279 g/mol. The SMILES string of the molecule is CCc1nc(NC(=O)c2ccnc(NC)c2F)sc1C. The number of amides is 1. The van der Waals surface area contributed by atoms with Crippen molar-refractivity contribution in [1.29, 1.82) is 0 Å². The van der Waals surface area contributed by atoms with E-state index in [-0.39, 0.29) is 11.4 Å². The van der Waals surface area contributed by atoms with Crippen LogP contribution in [-0.4, -0.2) is 22.9 Å². The fourth-order valence-corrected chi connectivity index (χ4v) is 2.66. The first-order chi connectivity index (χ1) is 9.56. The predicted molar refractivity (Wildman–Crippen MR) is 77.9 cm³/mol. The number of hydrogen-bond donors (Lipinski definition) is 2. The summed E-state index contributed by atoms with van der Waals surface area (Å²) in [5.74, 6) is -1.16. The van der Waals surface area contributed by atoms with Crippen LogP contribution in [0, 0.1) is 12.7 Å². The molecule has 7 heteroatoms. The van der Waals surface area contributed by atoms with Crippen LogP contribution in [-0.2, 0) is 6.42 Å². The number of nitrogens with one attached hydrogen (secondary N) is 2. The van der Waals surface area contributed by atoms with Gasteiger partial charge in [0, 0.05) is 18.1 Å². The molecule has 0 aliphatic carbocycles. The lowest BCUT2D eigenvalue weighted by molar-refractivity contribution is 0.102. The number of aryl methyl sites for hydroxylation is 2. The van der Waals surface area contributed by atoms with Crippen molar-refractivity contribution in [1.82, 2.24) is 9.97 Å². The van der Waals surface area contributed by atoms with Crippen LogP contribution in [0.25, 0.3) is 0 Å². The molecule has 0 spiro atoms. The first kappa shape index (κ1) is 14.4. The summed E-state index contributed by atoms with van der Waals surface area (Å²) < 4.78 is 14.0. The summed E-state index contributed by atoms with van der Waals surface area (Å²) in [7, 11) is 1.55. The number of thiazole rings is 1. The van der Waals surface area contributed by atoms with E-state index in [4.69, 9.17) is 0 Å². The average molecular weight is 294 g/mol. The molecule has 0 atom stereocenters. The van der Waals surface area contributed by atoms with Crippen LogP contribution < -0.4 is 10.6 Å². The van der Waals surface area contributed by atoms with Gasteiger partial charge in [-0.3, -0.25) is 10.1 Å². The lowest BCUT2D eigenvalue weighted by Gasteiger charge is -2.06. The zero-order valence-electron chi connectivity index (χ0n) is 11.5. The second kappa shape index (κ2) is 5.96. The Bertz CT molecular complexity index is 641. The van der Waals surface area contributed by atoms with Crippen LogP contribution in [0.2, 0.25) is 0 Å². The van der Waals surface area contributed by atoms with Crippen molar-refractivity contribution in [2.24, 2.45) is 0 Å². The molecule has 0 bridgehead atoms. The Balaban J connectivity index is 2.23. The van der Waals surface area contributed by atoms with E-state index in [1.54, 1.807) is 7.05 Å². The number of halogens is 1. The van der Waals surface area contributed by atoms with Crippen LogP contribution in [0.4, 0.5) is 15.3 Å². The number of pyridine rings is 1. The molecule has 0 aliphatic rings. The van der Waals surface area contributed by atoms with Gasteiger partial charge in [0.05, 0.1) is 11.3 Å². The van der Waals surface area contributed by atoms with Gasteiger partial charge >= 0.3 is 0 Å². The molecule has 0 aliphatic heterocycles. The van der Waals surface area contributed by atoms with Crippen LogP contribution in [0.15, 0.2) is 12.3 Å². The Labute approximate surface area is 120 Å². The molecule has 2 aromatic heterocycles. The normalized spacial score (nSPS) is 10.4. The Morgan fingerprint density at radius 1 is 1.50 bits per heavy atom. The minimum absolute atomic E-state index is 0.0437. The highest BCUT2D eigenvalue weighted by Crippen LogP contribution is 2.23. The first-order valence-electron chi connectivity index (χ1n) is 6.16. The maximum Gasteiger partial charge on any atom is 0.260 e. The number of carbonyl (C=O) groups is 1. The summed E-state index contributed by atoms with van der Waals surface area (Å²) in [5, 5.41) is 5.69. The number of carbonyl (C=O) groups excluding carboxylic acids is 1. The molecule has 5 nitrogen and oxygen atoms in total. The van der Waals surface area contributed by atoms with E-state index in [9.17, 15) is 9.18 Å². The number of hydrogen-bond acceptors (Lipinski definition) is 5. The van der Waals surface area contributed by atoms with Gasteiger partial charge in [0.2, 0.25) is 0 Å². The van der Waals surface area contributed by atoms with Crippen molar-refractivity contribution >= 4 is 28.2 Å². The number of rotatable bonds is 4. The largest absolute Gasteiger partial charge is 0.371 e. The van der Waals surface area contributed by atoms with E-state index in [0.29, 0.717) is 5.13 Å². The molecule has 0 unspecified atom stereocenters. The monoisotopic (exact) mass is 294 g/mol. The molecule has 0 radical (unpaired) electrons. The molecule has 2 aromatic rings. The first-order valence-corrected chi connectivity index (χ1v) is 6.98. The lowest BCUT2D eigenvalue weighted by atomic mass is 10.2. The van der Waals surface area contributed by atoms with Gasteiger partial charge in [-0.2, -0.15) is 0 Å². The molecule has 1 amide bonds. The Morgan fingerprint density at radius 2 is 2.25 bits per heavy atom. The van der Waals surface area contributed by atoms with Gasteiger partial charge in [0.25, 0.3) is 5.91 Å². The van der Waals surface area contributed by atoms with Gasteiger partial charge in [-0.25, -0.2) is 14.4 Å². The van der Waals surface area contributed by atoms with Gasteiger partial charge in [-0.1, -0.05) is 6.92 Å². The molecule has 0 fully saturated rings. The van der Waals surface area contributed by atoms with E-state index in [2.05, 4.69) is 20.6 Å². The molecule has 0 saturated carbocycles. The molecule has 2 heterocycles. The fourth-order valence-electron chi connectivity index (χ4n) is 1.77. The second-order valence-corrected chi connectivity index (χ2v) is 5.30. The van der Waals surface area contributed by atoms with Crippen molar-refractivity contribution < 1.29 is 9.18 Å². The standard InChI is InChI=1S/C13H15FN4OS/c1-4-9-7(2)20-13(17-9)18-12(19)8-5-6-16-11(15-3)10(8)14/h5-6H,4H2,1-3H3,(H,15,16)(H,17,18,19). The quantitative estimate of drug-likeness (QED) is 0.910. The minimum atomic E-state index is -0.670. The highest BCUT2D eigenvalue weighted by molar-refractivity contribution is 7.15. The van der Waals surface area contributed by atoms with Crippen molar-refractivity contribution in [2.75, 3.05) is 17.7 Å². The smallest absolute Gasteiger partial charge is 0.260 e. The summed E-state index contributed by atoms with van der Waals surface area (Å²) in [6.07, 6.45) is 2.18. The van der Waals surface area contributed by atoms with Crippen LogP contribution in [0.1, 0.15) is 27.9 Å². The van der Waals surface area contributed by atoms with Gasteiger partial charge in [-0.05, 0) is 19.4 Å². The summed E-state index contributed by atoms with van der Waals surface area (Å²) in [6, 6.07) is 1.34.